The van der Waals surface area contributed by atoms with Crippen molar-refractivity contribution in [3.63, 3.8) is 0 Å². The molecule has 1 N–H and O–H groups in total. The summed E-state index contributed by atoms with van der Waals surface area (Å²) in [6.45, 7) is 9.64. The van der Waals surface area contributed by atoms with Crippen molar-refractivity contribution in [3.05, 3.63) is 191 Å². The Morgan fingerprint density at radius 1 is 0.627 bits per heavy atom. The maximum Gasteiger partial charge on any atom is 0.255 e. The molecule has 0 spiro atoms. The molecule has 0 aliphatic carbocycles. The third-order valence-corrected chi connectivity index (χ3v) is 12.1. The smallest absolute Gasteiger partial charge is 0.255 e. The lowest BCUT2D eigenvalue weighted by molar-refractivity contribution is -0.114. The van der Waals surface area contributed by atoms with Crippen LogP contribution in [-0.4, -0.2) is 57.0 Å². The van der Waals surface area contributed by atoms with E-state index in [9.17, 15) is 19.2 Å². The van der Waals surface area contributed by atoms with E-state index < -0.39 is 0 Å². The van der Waals surface area contributed by atoms with E-state index in [0.717, 1.165) is 89.1 Å². The van der Waals surface area contributed by atoms with E-state index in [1.807, 2.05) is 100 Å². The molecule has 1 aliphatic heterocycles. The van der Waals surface area contributed by atoms with E-state index in [1.165, 1.54) is 18.2 Å². The molecule has 67 heavy (non-hydrogen) atoms. The van der Waals surface area contributed by atoms with Crippen LogP contribution < -0.4 is 21.3 Å². The first-order valence-electron chi connectivity index (χ1n) is 21.5. The zero-order valence-corrected chi connectivity index (χ0v) is 36.8. The summed E-state index contributed by atoms with van der Waals surface area (Å²) < 4.78 is 6.89. The van der Waals surface area contributed by atoms with Gasteiger partial charge in [0, 0.05) is 102 Å². The normalized spacial score (nSPS) is 12.0. The number of benzene rings is 4. The summed E-state index contributed by atoms with van der Waals surface area (Å²) in [5.74, 6) is -0.451. The van der Waals surface area contributed by atoms with Crippen LogP contribution in [0.1, 0.15) is 11.1 Å². The first kappa shape index (κ1) is 41.9. The van der Waals surface area contributed by atoms with Crippen LogP contribution in [0.5, 0.6) is 0 Å². The van der Waals surface area contributed by atoms with Crippen LogP contribution in [0.15, 0.2) is 169 Å². The molecule has 14 nitrogen and oxygen atoms in total. The number of rotatable bonds is 7. The van der Waals surface area contributed by atoms with Crippen molar-refractivity contribution in [1.82, 2.24) is 38.7 Å². The Morgan fingerprint density at radius 2 is 1.18 bits per heavy atom. The number of aryl methyl sites for hydroxylation is 3. The molecule has 0 fully saturated rings. The van der Waals surface area contributed by atoms with E-state index in [1.54, 1.807) is 66.3 Å². The first-order chi connectivity index (χ1) is 32.5. The minimum Gasteiger partial charge on any atom is -0.322 e. The van der Waals surface area contributed by atoms with Crippen molar-refractivity contribution < 1.29 is 9.59 Å². The SMILES string of the molecule is C=CC(=O)N1CCc2ccc(-n3c(=O)ccc4cnc5ccc(-c6cnn(C)c6)cc5c43)cc21.C=CC(=O)Nc1cc(-n2c(=O)ccc3cnc4ccc(-c5cnn(C)c5)cc4c32)ccc1C. The van der Waals surface area contributed by atoms with E-state index in [4.69, 9.17) is 0 Å². The molecule has 0 saturated heterocycles. The van der Waals surface area contributed by atoms with E-state index in [0.29, 0.717) is 23.6 Å². The summed E-state index contributed by atoms with van der Waals surface area (Å²) in [5.41, 5.74) is 11.5. The van der Waals surface area contributed by atoms with Crippen molar-refractivity contribution in [3.8, 4) is 33.6 Å². The minimum atomic E-state index is -0.309. The summed E-state index contributed by atoms with van der Waals surface area (Å²) in [5, 5.41) is 14.8. The van der Waals surface area contributed by atoms with E-state index in [-0.39, 0.29) is 22.9 Å². The molecule has 0 atom stereocenters. The van der Waals surface area contributed by atoms with Crippen molar-refractivity contribution in [2.45, 2.75) is 13.3 Å². The van der Waals surface area contributed by atoms with Crippen LogP contribution in [0, 0.1) is 6.92 Å². The average Bonchev–Trinajstić information content (AvgIpc) is 4.11. The number of aromatic nitrogens is 8. The molecule has 0 bridgehead atoms. The molecule has 10 aromatic rings. The second kappa shape index (κ2) is 16.8. The van der Waals surface area contributed by atoms with E-state index >= 15 is 0 Å². The molecule has 328 valence electrons. The lowest BCUT2D eigenvalue weighted by atomic mass is 10.0. The zero-order chi connectivity index (χ0) is 46.5. The number of nitrogens with zero attached hydrogens (tertiary/aromatic N) is 9. The van der Waals surface area contributed by atoms with Gasteiger partial charge < -0.3 is 10.2 Å². The van der Waals surface area contributed by atoms with Gasteiger partial charge in [0.2, 0.25) is 11.8 Å². The Kier molecular flexibility index (Phi) is 10.5. The second-order valence-corrected chi connectivity index (χ2v) is 16.4. The topological polar surface area (TPSA) is 155 Å². The maximum atomic E-state index is 13.2. The highest BCUT2D eigenvalue weighted by atomic mass is 16.2. The van der Waals surface area contributed by atoms with E-state index in [2.05, 4.69) is 44.7 Å². The molecule has 2 amide bonds. The summed E-state index contributed by atoms with van der Waals surface area (Å²) in [4.78, 5) is 61.6. The molecular weight excluding hydrogens is 841 g/mol. The molecule has 1 aliphatic rings. The second-order valence-electron chi connectivity index (χ2n) is 16.4. The van der Waals surface area contributed by atoms with Crippen LogP contribution >= 0.6 is 0 Å². The molecule has 14 heteroatoms. The fourth-order valence-electron chi connectivity index (χ4n) is 8.75. The molecule has 0 radical (unpaired) electrons. The molecule has 7 heterocycles. The van der Waals surface area contributed by atoms with Crippen molar-refractivity contribution >= 4 is 66.8 Å². The summed E-state index contributed by atoms with van der Waals surface area (Å²) in [7, 11) is 3.76. The van der Waals surface area contributed by atoms with Crippen LogP contribution in [0.25, 0.3) is 77.2 Å². The van der Waals surface area contributed by atoms with Crippen molar-refractivity contribution in [2.24, 2.45) is 14.1 Å². The highest BCUT2D eigenvalue weighted by Crippen LogP contribution is 2.34. The molecule has 6 aromatic heterocycles. The summed E-state index contributed by atoms with van der Waals surface area (Å²) in [6, 6.07) is 30.1. The lowest BCUT2D eigenvalue weighted by Gasteiger charge is -2.18. The number of pyridine rings is 4. The summed E-state index contributed by atoms with van der Waals surface area (Å²) >= 11 is 0. The van der Waals surface area contributed by atoms with Crippen molar-refractivity contribution in [1.29, 1.82) is 0 Å². The molecule has 0 unspecified atom stereocenters. The Hall–Kier alpha value is -9.04. The van der Waals surface area contributed by atoms with Gasteiger partial charge in [0.15, 0.2) is 0 Å². The van der Waals surface area contributed by atoms with Gasteiger partial charge in [0.1, 0.15) is 0 Å². The van der Waals surface area contributed by atoms with Gasteiger partial charge in [-0.3, -0.25) is 47.6 Å². The molecule has 11 rings (SSSR count). The van der Waals surface area contributed by atoms with Gasteiger partial charge >= 0.3 is 0 Å². The van der Waals surface area contributed by atoms with Crippen molar-refractivity contribution in [2.75, 3.05) is 16.8 Å². The minimum absolute atomic E-state index is 0.142. The van der Waals surface area contributed by atoms with Crippen LogP contribution in [0.4, 0.5) is 11.4 Å². The monoisotopic (exact) mass is 882 g/mol. The summed E-state index contributed by atoms with van der Waals surface area (Å²) in [6.07, 6.45) is 14.4. The van der Waals surface area contributed by atoms with Gasteiger partial charge in [-0.05, 0) is 108 Å². The third kappa shape index (κ3) is 7.65. The van der Waals surface area contributed by atoms with Crippen LogP contribution in [0.3, 0.4) is 0 Å². The number of anilines is 2. The van der Waals surface area contributed by atoms with Crippen LogP contribution in [0.2, 0.25) is 0 Å². The third-order valence-electron chi connectivity index (χ3n) is 12.1. The number of hydrogen-bond donors (Lipinski definition) is 1. The number of carbonyl (C=O) groups excluding carboxylic acids is 2. The van der Waals surface area contributed by atoms with Gasteiger partial charge in [-0.15, -0.1) is 0 Å². The highest BCUT2D eigenvalue weighted by molar-refractivity contribution is 6.07. The zero-order valence-electron chi connectivity index (χ0n) is 36.8. The predicted octanol–water partition coefficient (Wildman–Crippen LogP) is 8.39. The fraction of sp³-hybridized carbons (Fsp3) is 0.0943. The Labute approximate surface area is 383 Å². The fourth-order valence-corrected chi connectivity index (χ4v) is 8.75. The number of carbonyl (C=O) groups is 2. The Bertz CT molecular complexity index is 3820. The molecule has 4 aromatic carbocycles. The molecule has 0 saturated carbocycles. The van der Waals surface area contributed by atoms with Gasteiger partial charge in [-0.1, -0.05) is 37.4 Å². The quantitative estimate of drug-likeness (QED) is 0.124. The van der Waals surface area contributed by atoms with Gasteiger partial charge in [0.25, 0.3) is 11.1 Å². The standard InChI is InChI=1S/C27H21N5O2.C26H21N5O2/c1-3-25(33)31-11-10-17-4-7-21(13-24(17)31)32-26(34)9-6-19-14-28-23-8-5-18(12-22(23)27(19)32)20-15-29-30(2)16-20;1-4-24(32)29-23-12-20(8-5-16(23)2)31-25(33)10-7-18-13-27-22-9-6-17(11-21(22)26(18)31)19-14-28-30(3)15-19/h3-9,12-16H,1,10-11H2,2H3;4-15H,1H2,2-3H3,(H,29,32). The first-order valence-corrected chi connectivity index (χ1v) is 21.5. The van der Waals surface area contributed by atoms with Gasteiger partial charge in [0.05, 0.1) is 45.8 Å². The predicted molar refractivity (Wildman–Crippen MR) is 264 cm³/mol. The Balaban J connectivity index is 0.000000157. The van der Waals surface area contributed by atoms with Crippen LogP contribution in [-0.2, 0) is 30.1 Å². The Morgan fingerprint density at radius 3 is 1.70 bits per heavy atom. The average molecular weight is 883 g/mol. The molecular formula is C53H42N10O4. The lowest BCUT2D eigenvalue weighted by Crippen LogP contribution is -2.27. The number of fused-ring (bicyclic) bond motifs is 7. The van der Waals surface area contributed by atoms with Gasteiger partial charge in [-0.2, -0.15) is 10.2 Å². The maximum absolute atomic E-state index is 13.2. The number of amides is 2. The highest BCUT2D eigenvalue weighted by Gasteiger charge is 2.24. The largest absolute Gasteiger partial charge is 0.322 e. The van der Waals surface area contributed by atoms with Gasteiger partial charge in [-0.25, -0.2) is 0 Å². The number of nitrogens with one attached hydrogen (secondary N) is 1. The number of hydrogen-bond acceptors (Lipinski definition) is 8.